The van der Waals surface area contributed by atoms with Crippen LogP contribution in [0.4, 0.5) is 17.1 Å². The molecule has 0 unspecified atom stereocenters. The van der Waals surface area contributed by atoms with Gasteiger partial charge < -0.3 is 14.4 Å². The average Bonchev–Trinajstić information content (AvgIpc) is 4.35. The fraction of sp³-hybridized carbons (Fsp3) is 0.0400. The minimum atomic E-state index is -0.654. The van der Waals surface area contributed by atoms with Crippen molar-refractivity contribution in [3.63, 3.8) is 0 Å². The van der Waals surface area contributed by atoms with Gasteiger partial charge in [-0.1, -0.05) is 218 Å². The standard InChI is InChI=1S/C75H45NO2/c1-6-25-55-48(20-1)49-21-2-7-26-56(49)73(55)59-29-10-5-24-53(59)72-65(73)34-19-35-67(72)76(46-41-43-60-54(44-46)51-23-4-9-28-58(51)74(60)61-30-11-15-36-68(61)77-69-37-16-12-31-62(69)74)47-40-42-52-50-22-3-8-27-57(50)75(66(52)45-47)63-32-13-17-38-70(63)78-71-39-18-14-33-64(71)75/h1-45H. The maximum absolute atomic E-state index is 6.83. The monoisotopic (exact) mass is 991 g/mol. The Balaban J connectivity index is 0.948. The number of para-hydroxylation sites is 4. The third-order valence-corrected chi connectivity index (χ3v) is 18.4. The van der Waals surface area contributed by atoms with Crippen LogP contribution in [0.3, 0.4) is 0 Å². The van der Waals surface area contributed by atoms with Gasteiger partial charge in [0.25, 0.3) is 0 Å². The molecule has 12 aromatic carbocycles. The molecular weight excluding hydrogens is 947 g/mol. The number of hydrogen-bond acceptors (Lipinski definition) is 3. The average molecular weight is 992 g/mol. The van der Waals surface area contributed by atoms with E-state index in [4.69, 9.17) is 9.47 Å². The molecule has 0 atom stereocenters. The molecule has 12 aromatic rings. The Morgan fingerprint density at radius 1 is 0.218 bits per heavy atom. The summed E-state index contributed by atoms with van der Waals surface area (Å²) in [7, 11) is 0. The van der Waals surface area contributed by atoms with Gasteiger partial charge in [-0.2, -0.15) is 0 Å². The quantitative estimate of drug-likeness (QED) is 0.176. The molecule has 4 aliphatic carbocycles. The van der Waals surface area contributed by atoms with Gasteiger partial charge in [0, 0.05) is 39.2 Å². The minimum Gasteiger partial charge on any atom is -0.457 e. The number of benzene rings is 12. The molecule has 362 valence electrons. The van der Waals surface area contributed by atoms with Crippen LogP contribution in [-0.4, -0.2) is 0 Å². The SMILES string of the molecule is c1ccc2c(c1)Oc1ccccc1C21c2ccccc2-c2cc(N(c3ccc4c(c3)C3(c5ccccc5Oc5ccccc53)c3ccccc3-4)c3cccc4c3-c3ccccc3C43c4ccccc4-c4ccccc43)ccc21. The second-order valence-corrected chi connectivity index (χ2v) is 21.7. The van der Waals surface area contributed by atoms with E-state index in [0.717, 1.165) is 62.3 Å². The van der Waals surface area contributed by atoms with Crippen LogP contribution in [0.5, 0.6) is 23.0 Å². The van der Waals surface area contributed by atoms with E-state index in [-0.39, 0.29) is 0 Å². The highest BCUT2D eigenvalue weighted by atomic mass is 16.5. The number of anilines is 3. The Bertz CT molecular complexity index is 4480. The maximum Gasteiger partial charge on any atom is 0.132 e. The van der Waals surface area contributed by atoms with Crippen molar-refractivity contribution >= 4 is 17.1 Å². The van der Waals surface area contributed by atoms with Gasteiger partial charge in [0.15, 0.2) is 0 Å². The van der Waals surface area contributed by atoms with E-state index < -0.39 is 16.2 Å². The second-order valence-electron chi connectivity index (χ2n) is 21.7. The van der Waals surface area contributed by atoms with Crippen molar-refractivity contribution in [1.29, 1.82) is 0 Å². The summed E-state index contributed by atoms with van der Waals surface area (Å²) >= 11 is 0. The largest absolute Gasteiger partial charge is 0.457 e. The van der Waals surface area contributed by atoms with Gasteiger partial charge in [-0.25, -0.2) is 0 Å². The number of ether oxygens (including phenoxy) is 2. The number of rotatable bonds is 3. The smallest absolute Gasteiger partial charge is 0.132 e. The van der Waals surface area contributed by atoms with Crippen molar-refractivity contribution in [1.82, 2.24) is 0 Å². The van der Waals surface area contributed by atoms with Gasteiger partial charge in [-0.05, 0) is 138 Å². The van der Waals surface area contributed by atoms with E-state index >= 15 is 0 Å². The Morgan fingerprint density at radius 3 is 1.03 bits per heavy atom. The first-order valence-corrected chi connectivity index (χ1v) is 27.2. The molecule has 18 rings (SSSR count). The normalized spacial score (nSPS) is 15.2. The summed E-state index contributed by atoms with van der Waals surface area (Å²) in [5.41, 5.74) is 26.3. The number of nitrogens with zero attached hydrogens (tertiary/aromatic N) is 1. The highest BCUT2D eigenvalue weighted by Crippen LogP contribution is 2.68. The van der Waals surface area contributed by atoms with Crippen molar-refractivity contribution in [3.05, 3.63) is 340 Å². The van der Waals surface area contributed by atoms with E-state index in [0.29, 0.717) is 0 Å². The Labute approximate surface area is 452 Å². The molecule has 0 saturated carbocycles. The van der Waals surface area contributed by atoms with E-state index in [1.807, 2.05) is 0 Å². The Hall–Kier alpha value is -9.96. The van der Waals surface area contributed by atoms with Crippen LogP contribution in [0.2, 0.25) is 0 Å². The minimum absolute atomic E-state index is 0.521. The summed E-state index contributed by atoms with van der Waals surface area (Å²) in [5, 5.41) is 0. The van der Waals surface area contributed by atoms with Gasteiger partial charge in [0.2, 0.25) is 0 Å². The lowest BCUT2D eigenvalue weighted by atomic mass is 9.66. The van der Waals surface area contributed by atoms with Crippen molar-refractivity contribution in [2.24, 2.45) is 0 Å². The fourth-order valence-corrected chi connectivity index (χ4v) is 15.7. The molecule has 0 N–H and O–H groups in total. The first-order valence-electron chi connectivity index (χ1n) is 27.2. The highest BCUT2D eigenvalue weighted by Gasteiger charge is 2.55. The van der Waals surface area contributed by atoms with E-state index in [1.54, 1.807) is 0 Å². The molecule has 3 nitrogen and oxygen atoms in total. The zero-order chi connectivity index (χ0) is 50.9. The lowest BCUT2D eigenvalue weighted by Crippen LogP contribution is -2.32. The molecule has 0 bridgehead atoms. The summed E-state index contributed by atoms with van der Waals surface area (Å²) in [5.74, 6) is 3.53. The van der Waals surface area contributed by atoms with Crippen LogP contribution in [0, 0.1) is 0 Å². The summed E-state index contributed by atoms with van der Waals surface area (Å²) in [6.45, 7) is 0. The molecular formula is C75H45NO2. The van der Waals surface area contributed by atoms with Gasteiger partial charge in [-0.15, -0.1) is 0 Å². The molecule has 6 aliphatic rings. The lowest BCUT2D eigenvalue weighted by Gasteiger charge is -2.40. The highest BCUT2D eigenvalue weighted by molar-refractivity contribution is 6.03. The van der Waals surface area contributed by atoms with Crippen LogP contribution in [0.25, 0.3) is 44.5 Å². The summed E-state index contributed by atoms with van der Waals surface area (Å²) in [4.78, 5) is 2.58. The van der Waals surface area contributed by atoms with Gasteiger partial charge in [-0.3, -0.25) is 0 Å². The Morgan fingerprint density at radius 2 is 0.538 bits per heavy atom. The predicted molar refractivity (Wildman–Crippen MR) is 312 cm³/mol. The van der Waals surface area contributed by atoms with E-state index in [9.17, 15) is 0 Å². The zero-order valence-corrected chi connectivity index (χ0v) is 42.2. The molecule has 3 heteroatoms. The van der Waals surface area contributed by atoms with Crippen molar-refractivity contribution in [3.8, 4) is 67.5 Å². The van der Waals surface area contributed by atoms with Crippen LogP contribution in [0.1, 0.15) is 66.8 Å². The number of hydrogen-bond donors (Lipinski definition) is 0. The molecule has 2 aliphatic heterocycles. The first-order chi connectivity index (χ1) is 38.7. The Kier molecular flexibility index (Phi) is 8.20. The molecule has 0 radical (unpaired) electrons. The first kappa shape index (κ1) is 42.3. The van der Waals surface area contributed by atoms with E-state index in [1.165, 1.54) is 89.0 Å². The molecule has 78 heavy (non-hydrogen) atoms. The van der Waals surface area contributed by atoms with Crippen LogP contribution < -0.4 is 14.4 Å². The van der Waals surface area contributed by atoms with Crippen molar-refractivity contribution in [2.45, 2.75) is 16.2 Å². The van der Waals surface area contributed by atoms with E-state index in [2.05, 4.69) is 278 Å². The van der Waals surface area contributed by atoms with Crippen LogP contribution >= 0.6 is 0 Å². The van der Waals surface area contributed by atoms with Crippen LogP contribution in [0.15, 0.2) is 273 Å². The zero-order valence-electron chi connectivity index (χ0n) is 42.2. The van der Waals surface area contributed by atoms with Crippen molar-refractivity contribution in [2.75, 3.05) is 4.90 Å². The third-order valence-electron chi connectivity index (χ3n) is 18.4. The molecule has 3 spiro atoms. The number of fused-ring (bicyclic) bond motifs is 28. The van der Waals surface area contributed by atoms with Crippen molar-refractivity contribution < 1.29 is 9.47 Å². The molecule has 0 saturated heterocycles. The van der Waals surface area contributed by atoms with Gasteiger partial charge in [0.05, 0.1) is 21.9 Å². The van der Waals surface area contributed by atoms with Crippen LogP contribution in [-0.2, 0) is 16.2 Å². The summed E-state index contributed by atoms with van der Waals surface area (Å²) in [6, 6.07) is 102. The molecule has 0 fully saturated rings. The van der Waals surface area contributed by atoms with Gasteiger partial charge >= 0.3 is 0 Å². The summed E-state index contributed by atoms with van der Waals surface area (Å²) < 4.78 is 13.6. The molecule has 2 heterocycles. The second kappa shape index (κ2) is 15.1. The third kappa shape index (κ3) is 4.97. The summed E-state index contributed by atoms with van der Waals surface area (Å²) in [6.07, 6.45) is 0. The lowest BCUT2D eigenvalue weighted by molar-refractivity contribution is 0.436. The maximum atomic E-state index is 6.83. The topological polar surface area (TPSA) is 21.7 Å². The van der Waals surface area contributed by atoms with Gasteiger partial charge in [0.1, 0.15) is 23.0 Å². The molecule has 0 aromatic heterocycles. The molecule has 0 amide bonds. The fourth-order valence-electron chi connectivity index (χ4n) is 15.7. The predicted octanol–water partition coefficient (Wildman–Crippen LogP) is 18.4.